The van der Waals surface area contributed by atoms with Crippen molar-refractivity contribution >= 4 is 5.91 Å². The van der Waals surface area contributed by atoms with E-state index in [-0.39, 0.29) is 35.8 Å². The second kappa shape index (κ2) is 8.18. The van der Waals surface area contributed by atoms with Gasteiger partial charge in [-0.15, -0.1) is 0 Å². The average molecular weight is 363 g/mol. The largest absolute Gasteiger partial charge is 0.352 e. The van der Waals surface area contributed by atoms with Crippen LogP contribution in [0.2, 0.25) is 0 Å². The van der Waals surface area contributed by atoms with Crippen LogP contribution in [0.15, 0.2) is 15.8 Å². The molecular weight excluding hydrogens is 334 g/mol. The molecular formula is C18H29N5O3. The fraction of sp³-hybridized carbons (Fsp3) is 0.722. The zero-order valence-corrected chi connectivity index (χ0v) is 15.7. The molecule has 1 aromatic heterocycles. The van der Waals surface area contributed by atoms with Gasteiger partial charge in [-0.05, 0) is 25.8 Å². The maximum absolute atomic E-state index is 12.5. The van der Waals surface area contributed by atoms with Crippen LogP contribution in [-0.4, -0.2) is 51.7 Å². The highest BCUT2D eigenvalue weighted by molar-refractivity contribution is 5.78. The molecule has 1 aliphatic heterocycles. The van der Waals surface area contributed by atoms with Gasteiger partial charge in [-0.1, -0.05) is 12.8 Å². The van der Waals surface area contributed by atoms with E-state index in [9.17, 15) is 14.4 Å². The standard InChI is InChI=1S/C18H29N5O3/c1-21-10-13(17(25)22(2)18(21)26)11-23(15-7-8-19-9-15)12-16(24)20-14-5-3-4-6-14/h10,14-15,19H,3-9,11-12H2,1-2H3,(H,20,24)/t15-/m1/s1. The van der Waals surface area contributed by atoms with E-state index < -0.39 is 0 Å². The molecule has 1 amide bonds. The SMILES string of the molecule is Cn1cc(CN(CC(=O)NC2CCCC2)[C@@H]2CCNC2)c(=O)n(C)c1=O. The number of aryl methyl sites for hydroxylation is 1. The lowest BCUT2D eigenvalue weighted by molar-refractivity contribution is -0.123. The van der Waals surface area contributed by atoms with Crippen molar-refractivity contribution in [1.82, 2.24) is 24.7 Å². The van der Waals surface area contributed by atoms with Gasteiger partial charge in [-0.3, -0.25) is 19.1 Å². The maximum atomic E-state index is 12.5. The first-order valence-corrected chi connectivity index (χ1v) is 9.45. The molecule has 8 heteroatoms. The first-order valence-electron chi connectivity index (χ1n) is 9.45. The van der Waals surface area contributed by atoms with Gasteiger partial charge in [0.05, 0.1) is 6.54 Å². The van der Waals surface area contributed by atoms with E-state index in [0.717, 1.165) is 36.9 Å². The zero-order chi connectivity index (χ0) is 18.7. The third-order valence-electron chi connectivity index (χ3n) is 5.51. The van der Waals surface area contributed by atoms with E-state index in [1.807, 2.05) is 0 Å². The number of amides is 1. The summed E-state index contributed by atoms with van der Waals surface area (Å²) in [4.78, 5) is 38.9. The van der Waals surface area contributed by atoms with Crippen LogP contribution >= 0.6 is 0 Å². The molecule has 2 heterocycles. The highest BCUT2D eigenvalue weighted by Crippen LogP contribution is 2.18. The van der Waals surface area contributed by atoms with Gasteiger partial charge in [-0.25, -0.2) is 4.79 Å². The van der Waals surface area contributed by atoms with E-state index in [1.165, 1.54) is 24.5 Å². The van der Waals surface area contributed by atoms with Crippen LogP contribution in [0.25, 0.3) is 0 Å². The van der Waals surface area contributed by atoms with Gasteiger partial charge in [0.1, 0.15) is 0 Å². The molecule has 26 heavy (non-hydrogen) atoms. The summed E-state index contributed by atoms with van der Waals surface area (Å²) in [5, 5.41) is 6.45. The summed E-state index contributed by atoms with van der Waals surface area (Å²) in [7, 11) is 3.13. The summed E-state index contributed by atoms with van der Waals surface area (Å²) in [5.74, 6) is 0.0189. The molecule has 0 unspecified atom stereocenters. The van der Waals surface area contributed by atoms with Crippen molar-refractivity contribution in [2.45, 2.75) is 50.7 Å². The molecule has 1 aliphatic carbocycles. The van der Waals surface area contributed by atoms with Gasteiger partial charge in [-0.2, -0.15) is 0 Å². The number of nitrogens with zero attached hydrogens (tertiary/aromatic N) is 3. The number of aromatic nitrogens is 2. The van der Waals surface area contributed by atoms with Crippen molar-refractivity contribution in [3.8, 4) is 0 Å². The number of hydrogen-bond donors (Lipinski definition) is 2. The number of hydrogen-bond acceptors (Lipinski definition) is 5. The van der Waals surface area contributed by atoms with Gasteiger partial charge in [0.25, 0.3) is 5.56 Å². The fourth-order valence-electron chi connectivity index (χ4n) is 4.00. The summed E-state index contributed by atoms with van der Waals surface area (Å²) in [6.45, 7) is 2.36. The van der Waals surface area contributed by atoms with Gasteiger partial charge >= 0.3 is 5.69 Å². The number of carbonyl (C=O) groups is 1. The van der Waals surface area contributed by atoms with Crippen LogP contribution in [0.5, 0.6) is 0 Å². The Kier molecular flexibility index (Phi) is 5.93. The van der Waals surface area contributed by atoms with Crippen LogP contribution in [0.1, 0.15) is 37.7 Å². The van der Waals surface area contributed by atoms with Crippen LogP contribution in [0.3, 0.4) is 0 Å². The first kappa shape index (κ1) is 18.8. The Balaban J connectivity index is 1.75. The molecule has 8 nitrogen and oxygen atoms in total. The third-order valence-corrected chi connectivity index (χ3v) is 5.51. The minimum atomic E-state index is -0.341. The monoisotopic (exact) mass is 363 g/mol. The van der Waals surface area contributed by atoms with E-state index in [4.69, 9.17) is 0 Å². The summed E-state index contributed by atoms with van der Waals surface area (Å²) in [6.07, 6.45) is 7.00. The fourth-order valence-corrected chi connectivity index (χ4v) is 4.00. The molecule has 0 aromatic carbocycles. The van der Waals surface area contributed by atoms with Crippen molar-refractivity contribution in [3.05, 3.63) is 32.6 Å². The third kappa shape index (κ3) is 4.24. The molecule has 2 aliphatic rings. The molecule has 1 saturated carbocycles. The molecule has 2 N–H and O–H groups in total. The van der Waals surface area contributed by atoms with Crippen LogP contribution in [-0.2, 0) is 25.4 Å². The van der Waals surface area contributed by atoms with Crippen molar-refractivity contribution in [2.75, 3.05) is 19.6 Å². The Labute approximate surface area is 153 Å². The Morgan fingerprint density at radius 1 is 1.27 bits per heavy atom. The lowest BCUT2D eigenvalue weighted by Crippen LogP contribution is -2.47. The van der Waals surface area contributed by atoms with Crippen molar-refractivity contribution in [1.29, 1.82) is 0 Å². The van der Waals surface area contributed by atoms with E-state index in [0.29, 0.717) is 12.1 Å². The number of rotatable bonds is 6. The van der Waals surface area contributed by atoms with Gasteiger partial charge < -0.3 is 15.2 Å². The highest BCUT2D eigenvalue weighted by Gasteiger charge is 2.27. The van der Waals surface area contributed by atoms with E-state index >= 15 is 0 Å². The molecule has 144 valence electrons. The van der Waals surface area contributed by atoms with Gasteiger partial charge in [0.2, 0.25) is 5.91 Å². The lowest BCUT2D eigenvalue weighted by atomic mass is 10.2. The zero-order valence-electron chi connectivity index (χ0n) is 15.7. The second-order valence-electron chi connectivity index (χ2n) is 7.51. The van der Waals surface area contributed by atoms with Crippen molar-refractivity contribution in [3.63, 3.8) is 0 Å². The molecule has 3 rings (SSSR count). The maximum Gasteiger partial charge on any atom is 0.330 e. The number of carbonyl (C=O) groups excluding carboxylic acids is 1. The topological polar surface area (TPSA) is 88.4 Å². The molecule has 0 spiro atoms. The summed E-state index contributed by atoms with van der Waals surface area (Å²) >= 11 is 0. The quantitative estimate of drug-likeness (QED) is 0.698. The van der Waals surface area contributed by atoms with E-state index in [1.54, 1.807) is 13.2 Å². The predicted molar refractivity (Wildman–Crippen MR) is 99.0 cm³/mol. The summed E-state index contributed by atoms with van der Waals surface area (Å²) in [6, 6.07) is 0.503. The Bertz CT molecular complexity index is 757. The summed E-state index contributed by atoms with van der Waals surface area (Å²) in [5.41, 5.74) is -0.0952. The van der Waals surface area contributed by atoms with Crippen LogP contribution in [0.4, 0.5) is 0 Å². The Hall–Kier alpha value is -1.93. The molecule has 1 atom stereocenters. The minimum Gasteiger partial charge on any atom is -0.352 e. The Morgan fingerprint density at radius 3 is 2.65 bits per heavy atom. The molecule has 1 saturated heterocycles. The molecule has 0 bridgehead atoms. The first-order chi connectivity index (χ1) is 12.5. The van der Waals surface area contributed by atoms with Gasteiger partial charge in [0.15, 0.2) is 0 Å². The van der Waals surface area contributed by atoms with Crippen molar-refractivity contribution in [2.24, 2.45) is 14.1 Å². The smallest absolute Gasteiger partial charge is 0.330 e. The lowest BCUT2D eigenvalue weighted by Gasteiger charge is -2.28. The second-order valence-corrected chi connectivity index (χ2v) is 7.51. The molecule has 2 fully saturated rings. The number of nitrogens with one attached hydrogen (secondary N) is 2. The van der Waals surface area contributed by atoms with Crippen molar-refractivity contribution < 1.29 is 4.79 Å². The molecule has 1 aromatic rings. The van der Waals surface area contributed by atoms with Gasteiger partial charge in [0, 0.05) is 51.0 Å². The normalized spacial score (nSPS) is 20.8. The van der Waals surface area contributed by atoms with E-state index in [2.05, 4.69) is 15.5 Å². The van der Waals surface area contributed by atoms with Crippen LogP contribution < -0.4 is 21.9 Å². The molecule has 0 radical (unpaired) electrons. The summed E-state index contributed by atoms with van der Waals surface area (Å²) < 4.78 is 2.54. The highest BCUT2D eigenvalue weighted by atomic mass is 16.2. The minimum absolute atomic E-state index is 0.0189. The van der Waals surface area contributed by atoms with Crippen LogP contribution in [0, 0.1) is 0 Å². The average Bonchev–Trinajstić information content (AvgIpc) is 3.30. The predicted octanol–water partition coefficient (Wildman–Crippen LogP) is -0.693. The Morgan fingerprint density at radius 2 is 2.00 bits per heavy atom.